The normalized spacial score (nSPS) is 17.7. The topological polar surface area (TPSA) is 56.9 Å². The fourth-order valence-corrected chi connectivity index (χ4v) is 3.23. The molecule has 1 aliphatic rings. The molecule has 23 heavy (non-hydrogen) atoms. The average molecular weight is 332 g/mol. The molecule has 5 nitrogen and oxygen atoms in total. The Balaban J connectivity index is 1.45. The van der Waals surface area contributed by atoms with E-state index in [2.05, 4.69) is 4.90 Å². The molecule has 0 saturated carbocycles. The van der Waals surface area contributed by atoms with E-state index in [0.29, 0.717) is 25.4 Å². The Kier molecular flexibility index (Phi) is 5.27. The van der Waals surface area contributed by atoms with E-state index in [0.717, 1.165) is 18.0 Å². The van der Waals surface area contributed by atoms with Crippen molar-refractivity contribution in [2.45, 2.75) is 6.10 Å². The fraction of sp³-hybridized carbons (Fsp3) is 0.353. The van der Waals surface area contributed by atoms with Gasteiger partial charge in [0, 0.05) is 43.7 Å². The van der Waals surface area contributed by atoms with Crippen molar-refractivity contribution < 1.29 is 14.3 Å². The molecule has 3 heterocycles. The van der Waals surface area contributed by atoms with Gasteiger partial charge in [0.25, 0.3) is 0 Å². The minimum absolute atomic E-state index is 0.0460. The van der Waals surface area contributed by atoms with E-state index in [1.54, 1.807) is 35.8 Å². The van der Waals surface area contributed by atoms with Gasteiger partial charge in [-0.15, -0.1) is 11.3 Å². The van der Waals surface area contributed by atoms with Crippen molar-refractivity contribution in [1.82, 2.24) is 9.80 Å². The number of rotatable bonds is 5. The number of carbonyl (C=O) groups excluding carboxylic acids is 1. The van der Waals surface area contributed by atoms with Crippen LogP contribution in [0.25, 0.3) is 6.08 Å². The summed E-state index contributed by atoms with van der Waals surface area (Å²) in [7, 11) is 0. The first-order chi connectivity index (χ1) is 11.2. The van der Waals surface area contributed by atoms with Crippen LogP contribution in [0.4, 0.5) is 0 Å². The quantitative estimate of drug-likeness (QED) is 0.853. The molecule has 1 saturated heterocycles. The highest BCUT2D eigenvalue weighted by molar-refractivity contribution is 7.10. The predicted octanol–water partition coefficient (Wildman–Crippen LogP) is 2.23. The minimum Gasteiger partial charge on any atom is -0.467 e. The molecule has 2 aromatic heterocycles. The minimum atomic E-state index is -0.619. The van der Waals surface area contributed by atoms with Gasteiger partial charge in [-0.25, -0.2) is 0 Å². The highest BCUT2D eigenvalue weighted by Gasteiger charge is 2.22. The molecule has 0 radical (unpaired) electrons. The van der Waals surface area contributed by atoms with Crippen LogP contribution in [-0.4, -0.2) is 53.5 Å². The standard InChI is InChI=1S/C17H20N2O3S/c20-15(16-4-1-11-22-16)13-18-7-9-19(10-8-18)17(21)6-5-14-3-2-12-23-14/h1-6,11-12,15,20H,7-10,13H2/b6-5+/t15-/m1/s1. The van der Waals surface area contributed by atoms with E-state index in [1.807, 2.05) is 28.5 Å². The van der Waals surface area contributed by atoms with Crippen molar-refractivity contribution in [1.29, 1.82) is 0 Å². The lowest BCUT2D eigenvalue weighted by molar-refractivity contribution is -0.127. The van der Waals surface area contributed by atoms with Gasteiger partial charge in [0.05, 0.1) is 6.26 Å². The van der Waals surface area contributed by atoms with Gasteiger partial charge in [0.2, 0.25) is 5.91 Å². The van der Waals surface area contributed by atoms with Gasteiger partial charge in [-0.2, -0.15) is 0 Å². The summed E-state index contributed by atoms with van der Waals surface area (Å²) in [4.78, 5) is 17.3. The van der Waals surface area contributed by atoms with E-state index in [-0.39, 0.29) is 5.91 Å². The molecule has 1 aliphatic heterocycles. The number of hydrogen-bond donors (Lipinski definition) is 1. The molecule has 1 N–H and O–H groups in total. The third kappa shape index (κ3) is 4.31. The van der Waals surface area contributed by atoms with Crippen molar-refractivity contribution in [2.24, 2.45) is 0 Å². The van der Waals surface area contributed by atoms with Gasteiger partial charge < -0.3 is 14.4 Å². The van der Waals surface area contributed by atoms with Gasteiger partial charge in [0.1, 0.15) is 11.9 Å². The van der Waals surface area contributed by atoms with Gasteiger partial charge in [0.15, 0.2) is 0 Å². The number of amides is 1. The van der Waals surface area contributed by atoms with Crippen LogP contribution in [0, 0.1) is 0 Å². The summed E-state index contributed by atoms with van der Waals surface area (Å²) in [5.74, 6) is 0.632. The lowest BCUT2D eigenvalue weighted by atomic mass is 10.2. The smallest absolute Gasteiger partial charge is 0.246 e. The second-order valence-electron chi connectivity index (χ2n) is 5.51. The molecular weight excluding hydrogens is 312 g/mol. The molecule has 2 aromatic rings. The molecule has 122 valence electrons. The van der Waals surface area contributed by atoms with E-state index in [9.17, 15) is 9.90 Å². The summed E-state index contributed by atoms with van der Waals surface area (Å²) >= 11 is 1.61. The molecule has 1 fully saturated rings. The van der Waals surface area contributed by atoms with Crippen LogP contribution in [0.15, 0.2) is 46.4 Å². The summed E-state index contributed by atoms with van der Waals surface area (Å²) < 4.78 is 5.21. The number of thiophene rings is 1. The highest BCUT2D eigenvalue weighted by Crippen LogP contribution is 2.16. The molecule has 1 amide bonds. The zero-order valence-corrected chi connectivity index (χ0v) is 13.6. The van der Waals surface area contributed by atoms with Crippen LogP contribution in [0.5, 0.6) is 0 Å². The SMILES string of the molecule is O=C(/C=C/c1cccs1)N1CCN(C[C@@H](O)c2ccco2)CC1. The Morgan fingerprint density at radius 1 is 1.30 bits per heavy atom. The van der Waals surface area contributed by atoms with Crippen LogP contribution in [-0.2, 0) is 4.79 Å². The summed E-state index contributed by atoms with van der Waals surface area (Å²) in [6.45, 7) is 3.41. The van der Waals surface area contributed by atoms with Crippen LogP contribution in [0.1, 0.15) is 16.7 Å². The Labute approximate surface area is 139 Å². The number of aliphatic hydroxyl groups excluding tert-OH is 1. The Hall–Kier alpha value is -1.89. The van der Waals surface area contributed by atoms with Gasteiger partial charge in [-0.3, -0.25) is 9.69 Å². The highest BCUT2D eigenvalue weighted by atomic mass is 32.1. The summed E-state index contributed by atoms with van der Waals surface area (Å²) in [6, 6.07) is 7.51. The molecule has 6 heteroatoms. The number of nitrogens with zero attached hydrogens (tertiary/aromatic N) is 2. The molecule has 0 aliphatic carbocycles. The molecule has 0 spiro atoms. The third-order valence-corrected chi connectivity index (χ3v) is 4.76. The molecular formula is C17H20N2O3S. The summed E-state index contributed by atoms with van der Waals surface area (Å²) in [5.41, 5.74) is 0. The molecule has 1 atom stereocenters. The number of aliphatic hydroxyl groups is 1. The number of β-amino-alcohol motifs (C(OH)–C–C–N with tert-alkyl or cyclic N) is 1. The summed E-state index contributed by atoms with van der Waals surface area (Å²) in [6.07, 6.45) is 4.44. The van der Waals surface area contributed by atoms with Crippen LogP contribution < -0.4 is 0 Å². The van der Waals surface area contributed by atoms with Crippen molar-refractivity contribution in [3.8, 4) is 0 Å². The zero-order valence-electron chi connectivity index (χ0n) is 12.8. The molecule has 3 rings (SSSR count). The monoisotopic (exact) mass is 332 g/mol. The van der Waals surface area contributed by atoms with Crippen LogP contribution in [0.3, 0.4) is 0 Å². The lowest BCUT2D eigenvalue weighted by Gasteiger charge is -2.34. The Morgan fingerprint density at radius 2 is 2.13 bits per heavy atom. The predicted molar refractivity (Wildman–Crippen MR) is 90.0 cm³/mol. The number of furan rings is 1. The van der Waals surface area contributed by atoms with Crippen molar-refractivity contribution in [3.05, 3.63) is 52.6 Å². The third-order valence-electron chi connectivity index (χ3n) is 3.92. The van der Waals surface area contributed by atoms with Gasteiger partial charge >= 0.3 is 0 Å². The van der Waals surface area contributed by atoms with Crippen molar-refractivity contribution in [2.75, 3.05) is 32.7 Å². The zero-order chi connectivity index (χ0) is 16.1. The Bertz CT molecular complexity index is 629. The van der Waals surface area contributed by atoms with Crippen LogP contribution in [0.2, 0.25) is 0 Å². The maximum Gasteiger partial charge on any atom is 0.246 e. The Morgan fingerprint density at radius 3 is 2.78 bits per heavy atom. The average Bonchev–Trinajstić information content (AvgIpc) is 3.26. The van der Waals surface area contributed by atoms with E-state index >= 15 is 0 Å². The maximum absolute atomic E-state index is 12.2. The van der Waals surface area contributed by atoms with E-state index in [1.165, 1.54) is 0 Å². The number of piperazine rings is 1. The van der Waals surface area contributed by atoms with E-state index in [4.69, 9.17) is 4.42 Å². The molecule has 0 unspecified atom stereocenters. The molecule has 0 aromatic carbocycles. The van der Waals surface area contributed by atoms with Gasteiger partial charge in [-0.1, -0.05) is 6.07 Å². The maximum atomic E-state index is 12.2. The first-order valence-electron chi connectivity index (χ1n) is 7.67. The summed E-state index contributed by atoms with van der Waals surface area (Å²) in [5, 5.41) is 12.1. The second-order valence-corrected chi connectivity index (χ2v) is 6.49. The number of carbonyl (C=O) groups is 1. The van der Waals surface area contributed by atoms with Gasteiger partial charge in [-0.05, 0) is 29.7 Å². The van der Waals surface area contributed by atoms with Crippen molar-refractivity contribution in [3.63, 3.8) is 0 Å². The number of hydrogen-bond acceptors (Lipinski definition) is 5. The largest absolute Gasteiger partial charge is 0.467 e. The first-order valence-corrected chi connectivity index (χ1v) is 8.54. The van der Waals surface area contributed by atoms with Crippen molar-refractivity contribution >= 4 is 23.3 Å². The van der Waals surface area contributed by atoms with Crippen LogP contribution >= 0.6 is 11.3 Å². The first kappa shape index (κ1) is 16.0. The fourth-order valence-electron chi connectivity index (χ4n) is 2.61. The van der Waals surface area contributed by atoms with E-state index < -0.39 is 6.10 Å². The molecule has 0 bridgehead atoms. The second kappa shape index (κ2) is 7.59. The lowest BCUT2D eigenvalue weighted by Crippen LogP contribution is -2.49.